The van der Waals surface area contributed by atoms with Crippen LogP contribution in [0.15, 0.2) is 78.9 Å². The monoisotopic (exact) mass is 403 g/mol. The molecule has 29 heavy (non-hydrogen) atoms. The van der Waals surface area contributed by atoms with E-state index in [0.717, 1.165) is 5.39 Å². The molecule has 4 aromatic rings. The summed E-state index contributed by atoms with van der Waals surface area (Å²) in [5, 5.41) is 7.47. The molecule has 1 aromatic heterocycles. The first-order valence-corrected chi connectivity index (χ1v) is 9.38. The number of benzene rings is 3. The van der Waals surface area contributed by atoms with Crippen molar-refractivity contribution in [2.45, 2.75) is 0 Å². The molecule has 2 N–H and O–H groups in total. The van der Waals surface area contributed by atoms with Crippen LogP contribution in [0.1, 0.15) is 10.4 Å². The Kier molecular flexibility index (Phi) is 5.31. The predicted octanol–water partition coefficient (Wildman–Crippen LogP) is 5.89. The normalized spacial score (nSPS) is 10.6. The zero-order chi connectivity index (χ0) is 20.2. The summed E-state index contributed by atoms with van der Waals surface area (Å²) in [5.41, 5.74) is 2.48. The highest BCUT2D eigenvalue weighted by Gasteiger charge is 2.16. The maximum atomic E-state index is 13.0. The van der Waals surface area contributed by atoms with Crippen molar-refractivity contribution in [3.63, 3.8) is 0 Å². The molecule has 6 heteroatoms. The fourth-order valence-corrected chi connectivity index (χ4v) is 3.14. The standard InChI is InChI=1S/C23H18ClN3O2/c1-29-17-12-11-15-13-18(23(28)25-16-7-3-2-4-8-16)22(27-21(15)14-17)26-20-10-6-5-9-19(20)24/h2-14H,1H3,(H,25,28)(H,26,27). The van der Waals surface area contributed by atoms with Crippen LogP contribution >= 0.6 is 11.6 Å². The van der Waals surface area contributed by atoms with Gasteiger partial charge in [-0.1, -0.05) is 41.9 Å². The summed E-state index contributed by atoms with van der Waals surface area (Å²) < 4.78 is 5.30. The van der Waals surface area contributed by atoms with E-state index < -0.39 is 0 Å². The number of halogens is 1. The van der Waals surface area contributed by atoms with Crippen LogP contribution < -0.4 is 15.4 Å². The van der Waals surface area contributed by atoms with Crippen molar-refractivity contribution in [1.29, 1.82) is 0 Å². The summed E-state index contributed by atoms with van der Waals surface area (Å²) in [4.78, 5) is 17.7. The van der Waals surface area contributed by atoms with Crippen LogP contribution in [0.4, 0.5) is 17.2 Å². The second kappa shape index (κ2) is 8.20. The van der Waals surface area contributed by atoms with Crippen LogP contribution in [0, 0.1) is 0 Å². The summed E-state index contributed by atoms with van der Waals surface area (Å²) in [5.74, 6) is 0.832. The number of aromatic nitrogens is 1. The van der Waals surface area contributed by atoms with Gasteiger partial charge in [0, 0.05) is 17.1 Å². The highest BCUT2D eigenvalue weighted by Crippen LogP contribution is 2.29. The highest BCUT2D eigenvalue weighted by molar-refractivity contribution is 6.33. The number of carbonyl (C=O) groups excluding carboxylic acids is 1. The van der Waals surface area contributed by atoms with Crippen LogP contribution in [-0.2, 0) is 0 Å². The van der Waals surface area contributed by atoms with Crippen LogP contribution in [0.5, 0.6) is 5.75 Å². The van der Waals surface area contributed by atoms with Crippen LogP contribution in [0.25, 0.3) is 10.9 Å². The van der Waals surface area contributed by atoms with Crippen LogP contribution in [-0.4, -0.2) is 18.0 Å². The average Bonchev–Trinajstić information content (AvgIpc) is 2.75. The van der Waals surface area contributed by atoms with E-state index in [-0.39, 0.29) is 5.91 Å². The summed E-state index contributed by atoms with van der Waals surface area (Å²) in [7, 11) is 1.60. The molecule has 4 rings (SSSR count). The number of hydrogen-bond donors (Lipinski definition) is 2. The number of anilines is 3. The Hall–Kier alpha value is -3.57. The van der Waals surface area contributed by atoms with Crippen molar-refractivity contribution >= 4 is 45.6 Å². The lowest BCUT2D eigenvalue weighted by Crippen LogP contribution is -2.15. The first-order valence-electron chi connectivity index (χ1n) is 9.01. The number of hydrogen-bond acceptors (Lipinski definition) is 4. The molecule has 0 fully saturated rings. The second-order valence-electron chi connectivity index (χ2n) is 6.37. The zero-order valence-corrected chi connectivity index (χ0v) is 16.4. The number of pyridine rings is 1. The van der Waals surface area contributed by atoms with E-state index in [9.17, 15) is 4.79 Å². The van der Waals surface area contributed by atoms with Gasteiger partial charge in [0.05, 0.1) is 28.9 Å². The Morgan fingerprint density at radius 3 is 2.48 bits per heavy atom. The minimum atomic E-state index is -0.268. The Labute approximate surface area is 173 Å². The van der Waals surface area contributed by atoms with Crippen molar-refractivity contribution in [1.82, 2.24) is 4.98 Å². The lowest BCUT2D eigenvalue weighted by atomic mass is 10.1. The van der Waals surface area contributed by atoms with Gasteiger partial charge in [0.2, 0.25) is 0 Å². The Morgan fingerprint density at radius 1 is 0.966 bits per heavy atom. The Balaban J connectivity index is 1.79. The molecule has 144 valence electrons. The van der Waals surface area contributed by atoms with Gasteiger partial charge in [-0.15, -0.1) is 0 Å². The molecule has 5 nitrogen and oxygen atoms in total. The first-order chi connectivity index (χ1) is 14.1. The fraction of sp³-hybridized carbons (Fsp3) is 0.0435. The van der Waals surface area contributed by atoms with Crippen molar-refractivity contribution < 1.29 is 9.53 Å². The molecular formula is C23H18ClN3O2. The predicted molar refractivity (Wildman–Crippen MR) is 117 cm³/mol. The lowest BCUT2D eigenvalue weighted by Gasteiger charge is -2.14. The number of nitrogens with one attached hydrogen (secondary N) is 2. The molecule has 0 spiro atoms. The van der Waals surface area contributed by atoms with E-state index in [1.807, 2.05) is 66.7 Å². The molecule has 0 atom stereocenters. The molecule has 0 aliphatic rings. The number of rotatable bonds is 5. The third-order valence-electron chi connectivity index (χ3n) is 4.43. The topological polar surface area (TPSA) is 63.2 Å². The van der Waals surface area contributed by atoms with Crippen LogP contribution in [0.2, 0.25) is 5.02 Å². The van der Waals surface area contributed by atoms with Crippen molar-refractivity contribution in [3.8, 4) is 5.75 Å². The summed E-state index contributed by atoms with van der Waals surface area (Å²) in [6.45, 7) is 0. The second-order valence-corrected chi connectivity index (χ2v) is 6.78. The van der Waals surface area contributed by atoms with Crippen molar-refractivity contribution in [3.05, 3.63) is 89.4 Å². The molecule has 1 amide bonds. The molecule has 1 heterocycles. The smallest absolute Gasteiger partial charge is 0.259 e. The number of para-hydroxylation sites is 2. The maximum absolute atomic E-state index is 13.0. The number of ether oxygens (including phenoxy) is 1. The molecule has 3 aromatic carbocycles. The molecule has 0 unspecified atom stereocenters. The van der Waals surface area contributed by atoms with Crippen molar-refractivity contribution in [2.24, 2.45) is 0 Å². The SMILES string of the molecule is COc1ccc2cc(C(=O)Nc3ccccc3)c(Nc3ccccc3Cl)nc2c1. The third kappa shape index (κ3) is 4.15. The van der Waals surface area contributed by atoms with Gasteiger partial charge < -0.3 is 15.4 Å². The highest BCUT2D eigenvalue weighted by atomic mass is 35.5. The number of carbonyl (C=O) groups is 1. The number of methoxy groups -OCH3 is 1. The van der Waals surface area contributed by atoms with Gasteiger partial charge in [0.15, 0.2) is 0 Å². The first kappa shape index (κ1) is 18.8. The lowest BCUT2D eigenvalue weighted by molar-refractivity contribution is 0.102. The van der Waals surface area contributed by atoms with Gasteiger partial charge in [0.1, 0.15) is 11.6 Å². The number of amides is 1. The Bertz CT molecular complexity index is 1180. The molecule has 0 radical (unpaired) electrons. The quantitative estimate of drug-likeness (QED) is 0.436. The number of nitrogens with zero attached hydrogens (tertiary/aromatic N) is 1. The van der Waals surface area contributed by atoms with Crippen molar-refractivity contribution in [2.75, 3.05) is 17.7 Å². The van der Waals surface area contributed by atoms with Gasteiger partial charge in [-0.2, -0.15) is 0 Å². The van der Waals surface area contributed by atoms with Gasteiger partial charge >= 0.3 is 0 Å². The van der Waals surface area contributed by atoms with E-state index in [1.165, 1.54) is 0 Å². The minimum Gasteiger partial charge on any atom is -0.497 e. The minimum absolute atomic E-state index is 0.268. The maximum Gasteiger partial charge on any atom is 0.259 e. The molecule has 0 bridgehead atoms. The average molecular weight is 404 g/mol. The molecule has 0 saturated carbocycles. The molecule has 0 aliphatic carbocycles. The third-order valence-corrected chi connectivity index (χ3v) is 4.76. The Morgan fingerprint density at radius 2 is 1.72 bits per heavy atom. The molecule has 0 saturated heterocycles. The summed E-state index contributed by atoms with van der Waals surface area (Å²) in [6.07, 6.45) is 0. The fourth-order valence-electron chi connectivity index (χ4n) is 2.95. The van der Waals surface area contributed by atoms with Gasteiger partial charge in [-0.3, -0.25) is 4.79 Å². The van der Waals surface area contributed by atoms with Crippen LogP contribution in [0.3, 0.4) is 0 Å². The van der Waals surface area contributed by atoms with E-state index in [2.05, 4.69) is 15.6 Å². The van der Waals surface area contributed by atoms with Gasteiger partial charge in [-0.25, -0.2) is 4.98 Å². The zero-order valence-electron chi connectivity index (χ0n) is 15.6. The molecule has 0 aliphatic heterocycles. The molecular weight excluding hydrogens is 386 g/mol. The van der Waals surface area contributed by atoms with E-state index in [4.69, 9.17) is 16.3 Å². The van der Waals surface area contributed by atoms with E-state index in [1.54, 1.807) is 19.2 Å². The van der Waals surface area contributed by atoms with E-state index in [0.29, 0.717) is 39.0 Å². The summed E-state index contributed by atoms with van der Waals surface area (Å²) in [6, 6.07) is 23.9. The number of fused-ring (bicyclic) bond motifs is 1. The van der Waals surface area contributed by atoms with E-state index >= 15 is 0 Å². The largest absolute Gasteiger partial charge is 0.497 e. The van der Waals surface area contributed by atoms with Gasteiger partial charge in [0.25, 0.3) is 5.91 Å². The summed E-state index contributed by atoms with van der Waals surface area (Å²) >= 11 is 6.29. The van der Waals surface area contributed by atoms with Gasteiger partial charge in [-0.05, 0) is 42.5 Å².